The van der Waals surface area contributed by atoms with Crippen LogP contribution >= 0.6 is 18.4 Å². The minimum absolute atomic E-state index is 0. The second-order valence-corrected chi connectivity index (χ2v) is 9.25. The Morgan fingerprint density at radius 2 is 0.824 bits per heavy atom. The fourth-order valence-electron chi connectivity index (χ4n) is 2.39. The van der Waals surface area contributed by atoms with Gasteiger partial charge in [0, 0.05) is 0 Å². The van der Waals surface area contributed by atoms with Crippen LogP contribution in [0.25, 0.3) is 0 Å². The molecule has 0 unspecified atom stereocenters. The van der Waals surface area contributed by atoms with E-state index in [1.165, 1.54) is 0 Å². The quantitative estimate of drug-likeness (QED) is 0.318. The first kappa shape index (κ1) is 23.0. The summed E-state index contributed by atoms with van der Waals surface area (Å²) in [4.78, 5) is 0. The van der Waals surface area contributed by atoms with Crippen molar-refractivity contribution in [1.29, 1.82) is 0 Å². The summed E-state index contributed by atoms with van der Waals surface area (Å²) in [6.45, 7) is 18.2. The summed E-state index contributed by atoms with van der Waals surface area (Å²) < 4.78 is 0. The Morgan fingerprint density at radius 1 is 0.765 bits per heavy atom. The third-order valence-electron chi connectivity index (χ3n) is 4.15. The Bertz CT molecular complexity index is 156. The van der Waals surface area contributed by atoms with Gasteiger partial charge in [0.15, 0.2) is 0 Å². The molecule has 0 N–H and O–H groups in total. The molecule has 0 aromatic rings. The van der Waals surface area contributed by atoms with Crippen LogP contribution in [0.5, 0.6) is 0 Å². The molecule has 1 rings (SSSR count). The standard InChI is InChI=1S/C10H20.C3H4.CH3.2ClH.Ta/c1-6-7(2)9(4)10(5)8(6)3;1-3-2;;;;/h6-10H,1-5H3;1-2H2;1H3;2*1H;/q;;-1;;;+2/p-2. The molecule has 0 atom stereocenters. The van der Waals surface area contributed by atoms with Crippen molar-refractivity contribution in [2.45, 2.75) is 34.6 Å². The Balaban J connectivity index is -0.000000240. The first-order valence-electron chi connectivity index (χ1n) is 5.60. The van der Waals surface area contributed by atoms with Crippen LogP contribution in [-0.2, 0) is 17.6 Å². The first-order chi connectivity index (χ1) is 7.38. The van der Waals surface area contributed by atoms with Gasteiger partial charge in [-0.15, -0.1) is 5.73 Å². The zero-order chi connectivity index (χ0) is 13.3. The fraction of sp³-hybridized carbons (Fsp3) is 0.714. The Morgan fingerprint density at radius 3 is 0.882 bits per heavy atom. The average Bonchev–Trinajstić information content (AvgIpc) is 2.39. The molecule has 0 spiro atoms. The van der Waals surface area contributed by atoms with Gasteiger partial charge in [0.25, 0.3) is 0 Å². The van der Waals surface area contributed by atoms with Gasteiger partial charge in [0.1, 0.15) is 0 Å². The van der Waals surface area contributed by atoms with Gasteiger partial charge in [-0.05, 0) is 29.6 Å². The number of hydrogen-bond donors (Lipinski definition) is 0. The summed E-state index contributed by atoms with van der Waals surface area (Å²) >= 11 is -0.889. The van der Waals surface area contributed by atoms with Crippen molar-refractivity contribution in [1.82, 2.24) is 0 Å². The summed E-state index contributed by atoms with van der Waals surface area (Å²) in [6, 6.07) is 0. The van der Waals surface area contributed by atoms with Crippen LogP contribution in [0, 0.1) is 37.0 Å². The van der Waals surface area contributed by atoms with E-state index in [4.69, 9.17) is 18.4 Å². The molecule has 0 aromatic carbocycles. The Labute approximate surface area is 126 Å². The van der Waals surface area contributed by atoms with Crippen LogP contribution in [0.2, 0.25) is 0 Å². The Kier molecular flexibility index (Phi) is 17.9. The van der Waals surface area contributed by atoms with Crippen molar-refractivity contribution in [3.63, 3.8) is 0 Å². The van der Waals surface area contributed by atoms with Crippen molar-refractivity contribution >= 4 is 18.4 Å². The molecular weight excluding hydrogens is 420 g/mol. The summed E-state index contributed by atoms with van der Waals surface area (Å²) in [6.07, 6.45) is 0. The van der Waals surface area contributed by atoms with Crippen molar-refractivity contribution in [2.75, 3.05) is 0 Å². The summed E-state index contributed by atoms with van der Waals surface area (Å²) in [5.74, 6) is 4.68. The molecule has 17 heavy (non-hydrogen) atoms. The zero-order valence-corrected chi connectivity index (χ0v) is 16.7. The van der Waals surface area contributed by atoms with Crippen molar-refractivity contribution in [3.8, 4) is 0 Å². The molecule has 0 saturated heterocycles. The molecule has 3 heteroatoms. The van der Waals surface area contributed by atoms with Gasteiger partial charge in [-0.3, -0.25) is 0 Å². The molecule has 1 aliphatic carbocycles. The molecule has 0 nitrogen and oxygen atoms in total. The van der Waals surface area contributed by atoms with Crippen molar-refractivity contribution < 1.29 is 17.6 Å². The zero-order valence-electron chi connectivity index (χ0n) is 12.0. The molecule has 0 aliphatic heterocycles. The van der Waals surface area contributed by atoms with E-state index in [9.17, 15) is 0 Å². The maximum absolute atomic E-state index is 4.94. The number of rotatable bonds is 0. The van der Waals surface area contributed by atoms with Gasteiger partial charge in [-0.25, -0.2) is 0 Å². The molecule has 1 fully saturated rings. The van der Waals surface area contributed by atoms with Crippen molar-refractivity contribution in [2.24, 2.45) is 29.6 Å². The molecule has 103 valence electrons. The van der Waals surface area contributed by atoms with Gasteiger partial charge in [0.2, 0.25) is 0 Å². The van der Waals surface area contributed by atoms with Crippen LogP contribution in [0.15, 0.2) is 18.9 Å². The molecule has 0 bridgehead atoms. The van der Waals surface area contributed by atoms with Crippen molar-refractivity contribution in [3.05, 3.63) is 26.3 Å². The van der Waals surface area contributed by atoms with Crippen LogP contribution in [-0.4, -0.2) is 0 Å². The second-order valence-electron chi connectivity index (χ2n) is 4.61. The van der Waals surface area contributed by atoms with E-state index >= 15 is 0 Å². The molecule has 0 radical (unpaired) electrons. The first-order valence-corrected chi connectivity index (χ1v) is 13.6. The topological polar surface area (TPSA) is 0 Å². The van der Waals surface area contributed by atoms with Crippen LogP contribution < -0.4 is 0 Å². The van der Waals surface area contributed by atoms with E-state index in [0.717, 1.165) is 29.6 Å². The SMILES string of the molecule is C=C=C.CC1C(C)C(C)C(C)C1C.[CH3-].[Cl][Ta][Cl]. The average molecular weight is 447 g/mol. The number of hydrogen-bond acceptors (Lipinski definition) is 0. The van der Waals surface area contributed by atoms with E-state index in [1.54, 1.807) is 0 Å². The molecular formula is C14H27Cl2Ta-. The normalized spacial score (nSPS) is 33.9. The molecule has 0 heterocycles. The van der Waals surface area contributed by atoms with Crippen LogP contribution in [0.4, 0.5) is 0 Å². The summed E-state index contributed by atoms with van der Waals surface area (Å²) in [5.41, 5.74) is 2.25. The van der Waals surface area contributed by atoms with Crippen LogP contribution in [0.3, 0.4) is 0 Å². The molecule has 1 saturated carbocycles. The number of halogens is 2. The van der Waals surface area contributed by atoms with Gasteiger partial charge in [0.05, 0.1) is 0 Å². The molecule has 1 aliphatic rings. The predicted molar refractivity (Wildman–Crippen MR) is 78.7 cm³/mol. The van der Waals surface area contributed by atoms with Gasteiger partial charge in [-0.2, -0.15) is 0 Å². The third kappa shape index (κ3) is 8.54. The third-order valence-corrected chi connectivity index (χ3v) is 4.15. The van der Waals surface area contributed by atoms with E-state index in [1.807, 2.05) is 0 Å². The summed E-state index contributed by atoms with van der Waals surface area (Å²) in [5, 5.41) is 0. The van der Waals surface area contributed by atoms with Gasteiger partial charge >= 0.3 is 36.0 Å². The van der Waals surface area contributed by atoms with Gasteiger partial charge in [-0.1, -0.05) is 47.8 Å². The van der Waals surface area contributed by atoms with E-state index < -0.39 is 17.6 Å². The molecule has 0 aromatic heterocycles. The second kappa shape index (κ2) is 13.3. The summed E-state index contributed by atoms with van der Waals surface area (Å²) in [7, 11) is 9.89. The Hall–Kier alpha value is 0.840. The maximum atomic E-state index is 4.94. The predicted octanol–water partition coefficient (Wildman–Crippen LogP) is 5.96. The van der Waals surface area contributed by atoms with E-state index in [-0.39, 0.29) is 7.43 Å². The minimum atomic E-state index is -0.889. The van der Waals surface area contributed by atoms with E-state index in [0.29, 0.717) is 0 Å². The van der Waals surface area contributed by atoms with Gasteiger partial charge < -0.3 is 7.43 Å². The van der Waals surface area contributed by atoms with E-state index in [2.05, 4.69) is 53.5 Å². The fourth-order valence-corrected chi connectivity index (χ4v) is 2.39. The molecule has 0 amide bonds. The van der Waals surface area contributed by atoms with Crippen LogP contribution in [0.1, 0.15) is 34.6 Å². The monoisotopic (exact) mass is 446 g/mol.